The number of para-hydroxylation sites is 2. The molecule has 2 amide bonds. The summed E-state index contributed by atoms with van der Waals surface area (Å²) in [6.07, 6.45) is 1.69. The third-order valence-electron chi connectivity index (χ3n) is 4.30. The molecule has 0 bridgehead atoms. The van der Waals surface area contributed by atoms with Crippen LogP contribution in [0.5, 0.6) is 0 Å². The second-order valence-corrected chi connectivity index (χ2v) is 5.82. The van der Waals surface area contributed by atoms with Gasteiger partial charge in [0.25, 0.3) is 0 Å². The minimum Gasteiger partial charge on any atom is -0.408 e. The van der Waals surface area contributed by atoms with Crippen LogP contribution in [0.3, 0.4) is 0 Å². The summed E-state index contributed by atoms with van der Waals surface area (Å²) in [4.78, 5) is 37.2. The molecule has 122 valence electrons. The lowest BCUT2D eigenvalue weighted by Gasteiger charge is -2.31. The Balaban J connectivity index is 1.67. The van der Waals surface area contributed by atoms with Crippen molar-refractivity contribution in [2.24, 2.45) is 11.7 Å². The molecule has 1 unspecified atom stereocenters. The number of rotatable bonds is 4. The highest BCUT2D eigenvalue weighted by molar-refractivity contribution is 5.80. The van der Waals surface area contributed by atoms with Gasteiger partial charge in [0, 0.05) is 26.1 Å². The van der Waals surface area contributed by atoms with Crippen molar-refractivity contribution in [3.63, 3.8) is 0 Å². The Morgan fingerprint density at radius 3 is 2.87 bits per heavy atom. The third kappa shape index (κ3) is 3.13. The highest BCUT2D eigenvalue weighted by Gasteiger charge is 2.26. The number of carbonyl (C=O) groups excluding carboxylic acids is 2. The smallest absolute Gasteiger partial charge is 0.408 e. The molecule has 1 atom stereocenters. The summed E-state index contributed by atoms with van der Waals surface area (Å²) in [6.45, 7) is 1.26. The Bertz CT molecular complexity index is 792. The summed E-state index contributed by atoms with van der Waals surface area (Å²) in [5.74, 6) is -1.18. The number of aryl methyl sites for hydroxylation is 1. The third-order valence-corrected chi connectivity index (χ3v) is 4.30. The number of hydrogen-bond donors (Lipinski definition) is 1. The molecule has 1 aliphatic heterocycles. The minimum absolute atomic E-state index is 0.0758. The van der Waals surface area contributed by atoms with Gasteiger partial charge in [0.15, 0.2) is 5.58 Å². The van der Waals surface area contributed by atoms with Gasteiger partial charge in [0.2, 0.25) is 11.8 Å². The average Bonchev–Trinajstić information content (AvgIpc) is 2.88. The van der Waals surface area contributed by atoms with Crippen LogP contribution >= 0.6 is 0 Å². The van der Waals surface area contributed by atoms with Crippen LogP contribution in [-0.4, -0.2) is 34.4 Å². The number of fused-ring (bicyclic) bond motifs is 1. The van der Waals surface area contributed by atoms with Crippen molar-refractivity contribution in [2.45, 2.75) is 25.8 Å². The summed E-state index contributed by atoms with van der Waals surface area (Å²) in [7, 11) is 0. The van der Waals surface area contributed by atoms with Crippen molar-refractivity contribution in [1.82, 2.24) is 9.47 Å². The number of aromatic nitrogens is 1. The van der Waals surface area contributed by atoms with E-state index in [1.54, 1.807) is 23.1 Å². The van der Waals surface area contributed by atoms with Crippen LogP contribution in [0.15, 0.2) is 33.5 Å². The standard InChI is InChI=1S/C16H19N3O4/c17-15(21)11-4-3-8-18(10-11)14(20)7-9-19-12-5-1-2-6-13(12)23-16(19)22/h1-2,5-6,11H,3-4,7-10H2,(H2,17,21). The molecule has 0 spiro atoms. The van der Waals surface area contributed by atoms with Gasteiger partial charge in [-0.2, -0.15) is 0 Å². The van der Waals surface area contributed by atoms with Gasteiger partial charge in [-0.25, -0.2) is 4.79 Å². The summed E-state index contributed by atoms with van der Waals surface area (Å²) in [5.41, 5.74) is 6.52. The zero-order valence-corrected chi connectivity index (χ0v) is 12.7. The number of primary amides is 1. The lowest BCUT2D eigenvalue weighted by Crippen LogP contribution is -2.44. The predicted molar refractivity (Wildman–Crippen MR) is 83.6 cm³/mol. The number of likely N-dealkylation sites (tertiary alicyclic amines) is 1. The Morgan fingerprint density at radius 2 is 2.09 bits per heavy atom. The number of benzene rings is 1. The van der Waals surface area contributed by atoms with Crippen molar-refractivity contribution in [3.05, 3.63) is 34.8 Å². The molecule has 1 aliphatic rings. The molecule has 1 aromatic carbocycles. The van der Waals surface area contributed by atoms with E-state index in [0.29, 0.717) is 24.2 Å². The maximum Gasteiger partial charge on any atom is 0.419 e. The minimum atomic E-state index is -0.465. The molecular weight excluding hydrogens is 298 g/mol. The number of carbonyl (C=O) groups is 2. The van der Waals surface area contributed by atoms with Crippen molar-refractivity contribution < 1.29 is 14.0 Å². The van der Waals surface area contributed by atoms with Crippen LogP contribution in [-0.2, 0) is 16.1 Å². The molecule has 2 heterocycles. The summed E-state index contributed by atoms with van der Waals surface area (Å²) < 4.78 is 6.61. The zero-order valence-electron chi connectivity index (χ0n) is 12.7. The van der Waals surface area contributed by atoms with Gasteiger partial charge >= 0.3 is 5.76 Å². The van der Waals surface area contributed by atoms with Crippen molar-refractivity contribution in [1.29, 1.82) is 0 Å². The largest absolute Gasteiger partial charge is 0.419 e. The van der Waals surface area contributed by atoms with Crippen LogP contribution in [0.25, 0.3) is 11.1 Å². The van der Waals surface area contributed by atoms with Gasteiger partial charge in [-0.3, -0.25) is 14.2 Å². The molecule has 1 saturated heterocycles. The SMILES string of the molecule is NC(=O)C1CCCN(C(=O)CCn2c(=O)oc3ccccc32)C1. The van der Waals surface area contributed by atoms with Crippen LogP contribution < -0.4 is 11.5 Å². The summed E-state index contributed by atoms with van der Waals surface area (Å²) in [6, 6.07) is 7.11. The van der Waals surface area contributed by atoms with Crippen molar-refractivity contribution >= 4 is 22.9 Å². The van der Waals surface area contributed by atoms with E-state index in [1.165, 1.54) is 4.57 Å². The molecule has 7 nitrogen and oxygen atoms in total. The fourth-order valence-corrected chi connectivity index (χ4v) is 3.03. The van der Waals surface area contributed by atoms with Gasteiger partial charge in [0.1, 0.15) is 0 Å². The summed E-state index contributed by atoms with van der Waals surface area (Å²) in [5, 5.41) is 0. The Hall–Kier alpha value is -2.57. The molecule has 0 radical (unpaired) electrons. The lowest BCUT2D eigenvalue weighted by molar-refractivity contribution is -0.135. The molecule has 0 aliphatic carbocycles. The number of amides is 2. The number of nitrogens with two attached hydrogens (primary N) is 1. The molecule has 7 heteroatoms. The fourth-order valence-electron chi connectivity index (χ4n) is 3.03. The Morgan fingerprint density at radius 1 is 1.30 bits per heavy atom. The molecule has 0 saturated carbocycles. The fraction of sp³-hybridized carbons (Fsp3) is 0.438. The van der Waals surface area contributed by atoms with E-state index in [4.69, 9.17) is 10.2 Å². The number of piperidine rings is 1. The molecule has 23 heavy (non-hydrogen) atoms. The van der Waals surface area contributed by atoms with E-state index in [2.05, 4.69) is 0 Å². The normalized spacial score (nSPS) is 18.3. The van der Waals surface area contributed by atoms with Crippen molar-refractivity contribution in [3.8, 4) is 0 Å². The highest BCUT2D eigenvalue weighted by atomic mass is 16.4. The number of nitrogens with zero attached hydrogens (tertiary/aromatic N) is 2. The average molecular weight is 317 g/mol. The predicted octanol–water partition coefficient (Wildman–Crippen LogP) is 0.708. The molecule has 3 rings (SSSR count). The maximum absolute atomic E-state index is 12.3. The second kappa shape index (κ2) is 6.28. The van der Waals surface area contributed by atoms with Gasteiger partial charge in [-0.05, 0) is 25.0 Å². The van der Waals surface area contributed by atoms with Crippen LogP contribution in [0.4, 0.5) is 0 Å². The van der Waals surface area contributed by atoms with Gasteiger partial charge in [0.05, 0.1) is 11.4 Å². The Labute approximate surface area is 132 Å². The first-order valence-electron chi connectivity index (χ1n) is 7.71. The van der Waals surface area contributed by atoms with E-state index < -0.39 is 5.76 Å². The second-order valence-electron chi connectivity index (χ2n) is 5.82. The van der Waals surface area contributed by atoms with Crippen LogP contribution in [0.1, 0.15) is 19.3 Å². The number of oxazole rings is 1. The van der Waals surface area contributed by atoms with Gasteiger partial charge in [-0.1, -0.05) is 12.1 Å². The molecular formula is C16H19N3O4. The highest BCUT2D eigenvalue weighted by Crippen LogP contribution is 2.17. The van der Waals surface area contributed by atoms with Gasteiger partial charge < -0.3 is 15.1 Å². The van der Waals surface area contributed by atoms with Crippen molar-refractivity contribution in [2.75, 3.05) is 13.1 Å². The first-order chi connectivity index (χ1) is 11.1. The molecule has 1 aromatic heterocycles. The zero-order chi connectivity index (χ0) is 16.4. The lowest BCUT2D eigenvalue weighted by atomic mass is 9.97. The van der Waals surface area contributed by atoms with E-state index in [1.807, 2.05) is 6.07 Å². The quantitative estimate of drug-likeness (QED) is 0.897. The first kappa shape index (κ1) is 15.3. The first-order valence-corrected chi connectivity index (χ1v) is 7.71. The van der Waals surface area contributed by atoms with E-state index in [-0.39, 0.29) is 30.7 Å². The Kier molecular flexibility index (Phi) is 4.18. The van der Waals surface area contributed by atoms with E-state index in [0.717, 1.165) is 12.8 Å². The van der Waals surface area contributed by atoms with Crippen LogP contribution in [0.2, 0.25) is 0 Å². The van der Waals surface area contributed by atoms with Gasteiger partial charge in [-0.15, -0.1) is 0 Å². The van der Waals surface area contributed by atoms with E-state index >= 15 is 0 Å². The maximum atomic E-state index is 12.3. The summed E-state index contributed by atoms with van der Waals surface area (Å²) >= 11 is 0. The molecule has 2 N–H and O–H groups in total. The topological polar surface area (TPSA) is 98.5 Å². The molecule has 1 fully saturated rings. The molecule has 2 aromatic rings. The van der Waals surface area contributed by atoms with Crippen LogP contribution in [0, 0.1) is 5.92 Å². The van der Waals surface area contributed by atoms with E-state index in [9.17, 15) is 14.4 Å². The monoisotopic (exact) mass is 317 g/mol. The number of hydrogen-bond acceptors (Lipinski definition) is 4.